The highest BCUT2D eigenvalue weighted by Gasteiger charge is 2.43. The zero-order valence-corrected chi connectivity index (χ0v) is 18.6. The molecule has 0 aromatic heterocycles. The van der Waals surface area contributed by atoms with Crippen LogP contribution in [0.4, 0.5) is 10.5 Å². The Morgan fingerprint density at radius 2 is 2.03 bits per heavy atom. The van der Waals surface area contributed by atoms with Crippen LogP contribution in [-0.4, -0.2) is 53.6 Å². The molecule has 2 heterocycles. The van der Waals surface area contributed by atoms with Crippen molar-refractivity contribution in [2.75, 3.05) is 25.0 Å². The van der Waals surface area contributed by atoms with E-state index < -0.39 is 12.1 Å². The van der Waals surface area contributed by atoms with Gasteiger partial charge in [0.05, 0.1) is 11.6 Å². The standard InChI is InChI=1S/C24H25ClN4O3/c1-16-11-18(5-6-21(16)25)14-28-9-7-20(8-10-28)29-22(15-32-24(29)31)23(30)27-19-4-2-3-17(12-19)13-26/h2-6,11-12,20,22H,7-10,14-15H2,1H3,(H,27,30). The predicted octanol–water partition coefficient (Wildman–Crippen LogP) is 3.94. The molecule has 0 radical (unpaired) electrons. The number of rotatable bonds is 5. The Balaban J connectivity index is 1.37. The zero-order valence-electron chi connectivity index (χ0n) is 17.9. The first-order chi connectivity index (χ1) is 15.4. The van der Waals surface area contributed by atoms with Gasteiger partial charge in [0, 0.05) is 36.4 Å². The fraction of sp³-hybridized carbons (Fsp3) is 0.375. The minimum atomic E-state index is -0.677. The molecule has 1 N–H and O–H groups in total. The van der Waals surface area contributed by atoms with Crippen LogP contribution in [0.25, 0.3) is 0 Å². The summed E-state index contributed by atoms with van der Waals surface area (Å²) in [4.78, 5) is 29.3. The number of ether oxygens (including phenoxy) is 1. The molecule has 2 aliphatic heterocycles. The van der Waals surface area contributed by atoms with Crippen molar-refractivity contribution in [3.63, 3.8) is 0 Å². The van der Waals surface area contributed by atoms with E-state index in [2.05, 4.69) is 22.4 Å². The Labute approximate surface area is 192 Å². The van der Waals surface area contributed by atoms with Gasteiger partial charge < -0.3 is 10.1 Å². The Morgan fingerprint density at radius 3 is 2.75 bits per heavy atom. The normalized spacial score (nSPS) is 19.5. The maximum atomic E-state index is 12.9. The molecule has 2 fully saturated rings. The molecule has 2 saturated heterocycles. The number of carbonyl (C=O) groups is 2. The number of aryl methyl sites for hydroxylation is 1. The van der Waals surface area contributed by atoms with E-state index in [1.165, 1.54) is 5.56 Å². The van der Waals surface area contributed by atoms with Crippen molar-refractivity contribution in [3.8, 4) is 6.07 Å². The topological polar surface area (TPSA) is 85.7 Å². The Hall–Kier alpha value is -3.08. The molecule has 1 unspecified atom stereocenters. The van der Waals surface area contributed by atoms with Crippen LogP contribution in [0.1, 0.15) is 29.5 Å². The van der Waals surface area contributed by atoms with Gasteiger partial charge >= 0.3 is 6.09 Å². The van der Waals surface area contributed by atoms with Crippen LogP contribution in [0.2, 0.25) is 5.02 Å². The van der Waals surface area contributed by atoms with Gasteiger partial charge in [-0.1, -0.05) is 29.8 Å². The lowest BCUT2D eigenvalue weighted by Gasteiger charge is -2.37. The number of likely N-dealkylation sites (tertiary alicyclic amines) is 1. The monoisotopic (exact) mass is 452 g/mol. The van der Waals surface area contributed by atoms with E-state index in [1.807, 2.05) is 19.1 Å². The summed E-state index contributed by atoms with van der Waals surface area (Å²) < 4.78 is 5.23. The lowest BCUT2D eigenvalue weighted by Crippen LogP contribution is -2.51. The molecular weight excluding hydrogens is 428 g/mol. The van der Waals surface area contributed by atoms with Gasteiger partial charge in [-0.2, -0.15) is 5.26 Å². The molecule has 0 bridgehead atoms. The van der Waals surface area contributed by atoms with Crippen LogP contribution in [0, 0.1) is 18.3 Å². The Bertz CT molecular complexity index is 1060. The van der Waals surface area contributed by atoms with Crippen molar-refractivity contribution in [1.29, 1.82) is 5.26 Å². The summed E-state index contributed by atoms with van der Waals surface area (Å²) >= 11 is 6.12. The minimum Gasteiger partial charge on any atom is -0.447 e. The van der Waals surface area contributed by atoms with E-state index >= 15 is 0 Å². The zero-order chi connectivity index (χ0) is 22.7. The number of anilines is 1. The number of piperidine rings is 1. The Kier molecular flexibility index (Phi) is 6.63. The van der Waals surface area contributed by atoms with Crippen molar-refractivity contribution >= 4 is 29.3 Å². The fourth-order valence-electron chi connectivity index (χ4n) is 4.35. The first-order valence-electron chi connectivity index (χ1n) is 10.7. The molecule has 7 nitrogen and oxygen atoms in total. The van der Waals surface area contributed by atoms with Crippen molar-refractivity contribution in [2.24, 2.45) is 0 Å². The maximum absolute atomic E-state index is 12.9. The molecule has 2 amide bonds. The van der Waals surface area contributed by atoms with Gasteiger partial charge in [-0.05, 0) is 55.2 Å². The molecule has 2 aromatic rings. The molecule has 166 valence electrons. The van der Waals surface area contributed by atoms with E-state index in [0.717, 1.165) is 43.1 Å². The second-order valence-corrected chi connectivity index (χ2v) is 8.68. The second kappa shape index (κ2) is 9.60. The van der Waals surface area contributed by atoms with Crippen LogP contribution in [0.15, 0.2) is 42.5 Å². The average molecular weight is 453 g/mol. The summed E-state index contributed by atoms with van der Waals surface area (Å²) in [7, 11) is 0. The molecule has 2 aromatic carbocycles. The highest BCUT2D eigenvalue weighted by molar-refractivity contribution is 6.31. The van der Waals surface area contributed by atoms with Gasteiger partial charge in [0.25, 0.3) is 5.91 Å². The summed E-state index contributed by atoms with van der Waals surface area (Å²) in [6.07, 6.45) is 1.10. The third-order valence-electron chi connectivity index (χ3n) is 6.05. The first-order valence-corrected chi connectivity index (χ1v) is 11.1. The lowest BCUT2D eigenvalue weighted by atomic mass is 10.0. The quantitative estimate of drug-likeness (QED) is 0.742. The van der Waals surface area contributed by atoms with Crippen molar-refractivity contribution in [1.82, 2.24) is 9.80 Å². The molecule has 1 atom stereocenters. The van der Waals surface area contributed by atoms with E-state index in [9.17, 15) is 9.59 Å². The van der Waals surface area contributed by atoms with Gasteiger partial charge in [0.15, 0.2) is 0 Å². The molecule has 0 spiro atoms. The first kappa shape index (κ1) is 22.1. The van der Waals surface area contributed by atoms with E-state index in [1.54, 1.807) is 29.2 Å². The van der Waals surface area contributed by atoms with Crippen molar-refractivity contribution in [3.05, 3.63) is 64.2 Å². The second-order valence-electron chi connectivity index (χ2n) is 8.27. The number of nitrogens with one attached hydrogen (secondary N) is 1. The molecule has 4 rings (SSSR count). The van der Waals surface area contributed by atoms with Crippen LogP contribution < -0.4 is 5.32 Å². The highest BCUT2D eigenvalue weighted by Crippen LogP contribution is 2.26. The number of benzene rings is 2. The van der Waals surface area contributed by atoms with Crippen LogP contribution in [0.3, 0.4) is 0 Å². The van der Waals surface area contributed by atoms with Crippen LogP contribution in [0.5, 0.6) is 0 Å². The number of nitrogens with zero attached hydrogens (tertiary/aromatic N) is 3. The molecule has 32 heavy (non-hydrogen) atoms. The maximum Gasteiger partial charge on any atom is 0.410 e. The summed E-state index contributed by atoms with van der Waals surface area (Å²) in [6, 6.07) is 14.1. The molecule has 2 aliphatic rings. The summed E-state index contributed by atoms with van der Waals surface area (Å²) in [5, 5.41) is 12.6. The Morgan fingerprint density at radius 1 is 1.25 bits per heavy atom. The minimum absolute atomic E-state index is 0.0346. The van der Waals surface area contributed by atoms with Gasteiger partial charge in [-0.3, -0.25) is 14.6 Å². The fourth-order valence-corrected chi connectivity index (χ4v) is 4.47. The number of amides is 2. The number of hydrogen-bond acceptors (Lipinski definition) is 5. The van der Waals surface area contributed by atoms with Gasteiger partial charge in [-0.25, -0.2) is 4.79 Å². The SMILES string of the molecule is Cc1cc(CN2CCC(N3C(=O)OCC3C(=O)Nc3cccc(C#N)c3)CC2)ccc1Cl. The van der Waals surface area contributed by atoms with Crippen LogP contribution >= 0.6 is 11.6 Å². The van der Waals surface area contributed by atoms with E-state index in [0.29, 0.717) is 11.3 Å². The van der Waals surface area contributed by atoms with Crippen molar-refractivity contribution < 1.29 is 14.3 Å². The largest absolute Gasteiger partial charge is 0.447 e. The van der Waals surface area contributed by atoms with E-state index in [-0.39, 0.29) is 18.6 Å². The van der Waals surface area contributed by atoms with Gasteiger partial charge in [-0.15, -0.1) is 0 Å². The smallest absolute Gasteiger partial charge is 0.410 e. The third-order valence-corrected chi connectivity index (χ3v) is 6.48. The number of hydrogen-bond donors (Lipinski definition) is 1. The predicted molar refractivity (Wildman–Crippen MR) is 121 cm³/mol. The molecular formula is C24H25ClN4O3. The van der Waals surface area contributed by atoms with Crippen molar-refractivity contribution in [2.45, 2.75) is 38.4 Å². The highest BCUT2D eigenvalue weighted by atomic mass is 35.5. The number of halogens is 1. The number of cyclic esters (lactones) is 1. The van der Waals surface area contributed by atoms with Gasteiger partial charge in [0.1, 0.15) is 12.6 Å². The summed E-state index contributed by atoms with van der Waals surface area (Å²) in [5.41, 5.74) is 3.26. The third kappa shape index (κ3) is 4.87. The van der Waals surface area contributed by atoms with E-state index in [4.69, 9.17) is 21.6 Å². The summed E-state index contributed by atoms with van der Waals surface area (Å²) in [5.74, 6) is -0.301. The van der Waals surface area contributed by atoms with Crippen LogP contribution in [-0.2, 0) is 16.1 Å². The van der Waals surface area contributed by atoms with Gasteiger partial charge in [0.2, 0.25) is 0 Å². The molecule has 0 aliphatic carbocycles. The average Bonchev–Trinajstić information content (AvgIpc) is 3.18. The molecule has 0 saturated carbocycles. The number of nitriles is 1. The lowest BCUT2D eigenvalue weighted by molar-refractivity contribution is -0.120. The molecule has 8 heteroatoms. The summed E-state index contributed by atoms with van der Waals surface area (Å²) in [6.45, 7) is 4.52. The number of carbonyl (C=O) groups excluding carboxylic acids is 2.